The predicted molar refractivity (Wildman–Crippen MR) is 274 cm³/mol. The van der Waals surface area contributed by atoms with E-state index in [1.807, 2.05) is 22.7 Å². The van der Waals surface area contributed by atoms with Gasteiger partial charge in [0.15, 0.2) is 0 Å². The summed E-state index contributed by atoms with van der Waals surface area (Å²) in [5, 5.41) is 5.19. The number of nitrogens with zero attached hydrogens (tertiary/aromatic N) is 1. The number of hydrogen-bond donors (Lipinski definition) is 0. The average molecular weight is 838 g/mol. The van der Waals surface area contributed by atoms with Gasteiger partial charge in [0.2, 0.25) is 0 Å². The molecular weight excluding hydrogens is 799 g/mol. The van der Waals surface area contributed by atoms with Crippen molar-refractivity contribution in [3.05, 3.63) is 237 Å². The molecule has 63 heavy (non-hydrogen) atoms. The molecule has 0 radical (unpaired) electrons. The Morgan fingerprint density at radius 1 is 0.254 bits per heavy atom. The molecule has 0 saturated carbocycles. The molecule has 0 saturated heterocycles. The van der Waals surface area contributed by atoms with Crippen molar-refractivity contribution in [3.63, 3.8) is 0 Å². The number of fused-ring (bicyclic) bond motifs is 6. The molecule has 10 aromatic carbocycles. The highest BCUT2D eigenvalue weighted by molar-refractivity contribution is 7.27. The van der Waals surface area contributed by atoms with E-state index in [9.17, 15) is 0 Å². The van der Waals surface area contributed by atoms with Crippen LogP contribution in [0.1, 0.15) is 0 Å². The molecule has 0 unspecified atom stereocenters. The molecule has 0 aliphatic rings. The molecule has 1 nitrogen and oxygen atoms in total. The van der Waals surface area contributed by atoms with Gasteiger partial charge < -0.3 is 4.90 Å². The number of thiophene rings is 2. The van der Waals surface area contributed by atoms with Crippen molar-refractivity contribution in [1.82, 2.24) is 0 Å². The molecule has 0 bridgehead atoms. The fourth-order valence-corrected chi connectivity index (χ4v) is 12.0. The Morgan fingerprint density at radius 3 is 1.29 bits per heavy atom. The molecule has 2 aromatic heterocycles. The van der Waals surface area contributed by atoms with Crippen molar-refractivity contribution in [3.8, 4) is 55.6 Å². The van der Waals surface area contributed by atoms with Crippen LogP contribution in [0, 0.1) is 0 Å². The first-order valence-corrected chi connectivity index (χ1v) is 23.0. The second kappa shape index (κ2) is 15.7. The Bertz CT molecular complexity index is 3590. The van der Waals surface area contributed by atoms with E-state index in [1.54, 1.807) is 0 Å². The first-order chi connectivity index (χ1) is 31.3. The van der Waals surface area contributed by atoms with E-state index in [-0.39, 0.29) is 0 Å². The van der Waals surface area contributed by atoms with Gasteiger partial charge in [0, 0.05) is 47.0 Å². The monoisotopic (exact) mass is 837 g/mol. The van der Waals surface area contributed by atoms with E-state index in [2.05, 4.69) is 241 Å². The van der Waals surface area contributed by atoms with Crippen molar-refractivity contribution < 1.29 is 0 Å². The van der Waals surface area contributed by atoms with Crippen molar-refractivity contribution >= 4 is 80.1 Å². The fraction of sp³-hybridized carbons (Fsp3) is 0. The highest BCUT2D eigenvalue weighted by Gasteiger charge is 2.23. The highest BCUT2D eigenvalue weighted by Crippen LogP contribution is 2.51. The van der Waals surface area contributed by atoms with E-state index in [4.69, 9.17) is 0 Å². The van der Waals surface area contributed by atoms with E-state index in [0.29, 0.717) is 0 Å². The molecule has 0 N–H and O–H groups in total. The number of anilines is 3. The summed E-state index contributed by atoms with van der Waals surface area (Å²) in [7, 11) is 0. The van der Waals surface area contributed by atoms with Crippen LogP contribution in [0.25, 0.3) is 96.0 Å². The SMILES string of the molecule is c1ccc(-c2ccccc2-c2ccc(N(c3ccc(-c4cccc5c4sc4ccccc45)cc3)c3ccc(-c4ccccc4)c4c3sc3c(-c5ccccc5)cccc34)cc2)cc1. The standard InChI is InChI=1S/C60H39NS2/c1-4-16-40(17-5-1)47-22-10-11-23-48(47)43-30-34-45(35-31-43)61(46-36-32-44(33-37-46)51-25-14-27-53-52-24-12-13-29-56(52)62-58(51)53)55-39-38-49(41-18-6-2-7-19-41)57-54-28-15-26-50(59(54)63-60(55)57)42-20-8-3-9-21-42/h1-39H. The number of hydrogen-bond acceptors (Lipinski definition) is 3. The summed E-state index contributed by atoms with van der Waals surface area (Å²) in [5.41, 5.74) is 15.6. The lowest BCUT2D eigenvalue weighted by atomic mass is 9.94. The van der Waals surface area contributed by atoms with E-state index < -0.39 is 0 Å². The molecule has 296 valence electrons. The summed E-state index contributed by atoms with van der Waals surface area (Å²) in [6.45, 7) is 0. The zero-order valence-corrected chi connectivity index (χ0v) is 35.9. The Kier molecular flexibility index (Phi) is 9.29. The third kappa shape index (κ3) is 6.53. The maximum atomic E-state index is 2.46. The van der Waals surface area contributed by atoms with Gasteiger partial charge in [-0.3, -0.25) is 0 Å². The largest absolute Gasteiger partial charge is 0.309 e. The first-order valence-electron chi connectivity index (χ1n) is 21.4. The molecule has 12 aromatic rings. The molecule has 3 heteroatoms. The summed E-state index contributed by atoms with van der Waals surface area (Å²) in [4.78, 5) is 2.46. The number of rotatable bonds is 8. The maximum Gasteiger partial charge on any atom is 0.0640 e. The molecule has 0 amide bonds. The van der Waals surface area contributed by atoms with Crippen LogP contribution in [0.2, 0.25) is 0 Å². The Labute approximate surface area is 375 Å². The molecule has 0 aliphatic carbocycles. The van der Waals surface area contributed by atoms with Crippen LogP contribution >= 0.6 is 22.7 Å². The van der Waals surface area contributed by atoms with Crippen molar-refractivity contribution in [2.75, 3.05) is 4.90 Å². The summed E-state index contributed by atoms with van der Waals surface area (Å²) in [6.07, 6.45) is 0. The second-order valence-corrected chi connectivity index (χ2v) is 18.0. The van der Waals surface area contributed by atoms with Gasteiger partial charge in [-0.1, -0.05) is 200 Å². The minimum Gasteiger partial charge on any atom is -0.309 e. The maximum absolute atomic E-state index is 2.46. The predicted octanol–water partition coefficient (Wildman–Crippen LogP) is 18.2. The van der Waals surface area contributed by atoms with E-state index in [1.165, 1.54) is 96.0 Å². The molecule has 0 atom stereocenters. The highest BCUT2D eigenvalue weighted by atomic mass is 32.1. The molecular formula is C60H39NS2. The van der Waals surface area contributed by atoms with Gasteiger partial charge in [0.05, 0.1) is 10.4 Å². The van der Waals surface area contributed by atoms with Gasteiger partial charge in [-0.25, -0.2) is 0 Å². The van der Waals surface area contributed by atoms with Gasteiger partial charge in [-0.05, 0) is 92.0 Å². The number of benzene rings is 10. The van der Waals surface area contributed by atoms with Crippen molar-refractivity contribution in [2.24, 2.45) is 0 Å². The van der Waals surface area contributed by atoms with E-state index >= 15 is 0 Å². The summed E-state index contributed by atoms with van der Waals surface area (Å²) in [6, 6.07) is 86.4. The molecule has 12 rings (SSSR count). The van der Waals surface area contributed by atoms with Crippen LogP contribution in [0.5, 0.6) is 0 Å². The quantitative estimate of drug-likeness (QED) is 0.147. The Morgan fingerprint density at radius 2 is 0.683 bits per heavy atom. The van der Waals surface area contributed by atoms with E-state index in [0.717, 1.165) is 17.1 Å². The normalized spacial score (nSPS) is 11.5. The zero-order chi connectivity index (χ0) is 41.7. The third-order valence-corrected chi connectivity index (χ3v) is 14.8. The minimum atomic E-state index is 1.10. The van der Waals surface area contributed by atoms with Crippen LogP contribution in [0.15, 0.2) is 237 Å². The topological polar surface area (TPSA) is 3.24 Å². The van der Waals surface area contributed by atoms with Crippen LogP contribution in [0.4, 0.5) is 17.1 Å². The Balaban J connectivity index is 1.06. The summed E-state index contributed by atoms with van der Waals surface area (Å²) in [5.74, 6) is 0. The Hall–Kier alpha value is -7.56. The first kappa shape index (κ1) is 37.2. The fourth-order valence-electron chi connectivity index (χ4n) is 9.35. The van der Waals surface area contributed by atoms with Crippen molar-refractivity contribution in [1.29, 1.82) is 0 Å². The van der Waals surface area contributed by atoms with Gasteiger partial charge in [0.25, 0.3) is 0 Å². The minimum absolute atomic E-state index is 1.10. The van der Waals surface area contributed by atoms with Crippen LogP contribution in [-0.4, -0.2) is 0 Å². The van der Waals surface area contributed by atoms with Gasteiger partial charge in [-0.15, -0.1) is 22.7 Å². The van der Waals surface area contributed by atoms with Gasteiger partial charge in [0.1, 0.15) is 0 Å². The summed E-state index contributed by atoms with van der Waals surface area (Å²) >= 11 is 3.78. The lowest BCUT2D eigenvalue weighted by molar-refractivity contribution is 1.30. The lowest BCUT2D eigenvalue weighted by Crippen LogP contribution is -2.10. The molecule has 0 spiro atoms. The van der Waals surface area contributed by atoms with Crippen LogP contribution in [0.3, 0.4) is 0 Å². The second-order valence-electron chi connectivity index (χ2n) is 16.0. The average Bonchev–Trinajstić information content (AvgIpc) is 3.95. The van der Waals surface area contributed by atoms with Gasteiger partial charge >= 0.3 is 0 Å². The zero-order valence-electron chi connectivity index (χ0n) is 34.3. The lowest BCUT2D eigenvalue weighted by Gasteiger charge is -2.27. The smallest absolute Gasteiger partial charge is 0.0640 e. The van der Waals surface area contributed by atoms with Crippen molar-refractivity contribution in [2.45, 2.75) is 0 Å². The molecule has 2 heterocycles. The van der Waals surface area contributed by atoms with Crippen LogP contribution in [-0.2, 0) is 0 Å². The molecule has 0 aliphatic heterocycles. The third-order valence-electron chi connectivity index (χ3n) is 12.3. The summed E-state index contributed by atoms with van der Waals surface area (Å²) < 4.78 is 5.20. The van der Waals surface area contributed by atoms with Gasteiger partial charge in [-0.2, -0.15) is 0 Å². The molecule has 0 fully saturated rings. The van der Waals surface area contributed by atoms with Crippen LogP contribution < -0.4 is 4.90 Å².